The molecule has 2 N–H and O–H groups in total. The van der Waals surface area contributed by atoms with Gasteiger partial charge in [-0.15, -0.1) is 0 Å². The number of nitrogens with two attached hydrogens (primary N) is 1. The van der Waals surface area contributed by atoms with Crippen LogP contribution in [0.3, 0.4) is 0 Å². The first-order chi connectivity index (χ1) is 6.72. The molecule has 72 valence electrons. The highest BCUT2D eigenvalue weighted by molar-refractivity contribution is 6.35. The number of nitrogens with zero attached hydrogens (tertiary/aromatic N) is 1. The SMILES string of the molecule is CCc1ccc2c(N)ncc(Cl)c2c1. The predicted molar refractivity (Wildman–Crippen MR) is 60.5 cm³/mol. The summed E-state index contributed by atoms with van der Waals surface area (Å²) in [5, 5.41) is 2.57. The summed E-state index contributed by atoms with van der Waals surface area (Å²) in [6, 6.07) is 6.09. The Morgan fingerprint density at radius 1 is 1.36 bits per heavy atom. The highest BCUT2D eigenvalue weighted by atomic mass is 35.5. The van der Waals surface area contributed by atoms with Crippen molar-refractivity contribution in [3.8, 4) is 0 Å². The lowest BCUT2D eigenvalue weighted by Crippen LogP contribution is -1.92. The van der Waals surface area contributed by atoms with Gasteiger partial charge in [-0.1, -0.05) is 30.7 Å². The van der Waals surface area contributed by atoms with Gasteiger partial charge in [-0.25, -0.2) is 4.98 Å². The highest BCUT2D eigenvalue weighted by Crippen LogP contribution is 2.27. The summed E-state index contributed by atoms with van der Waals surface area (Å²) in [5.41, 5.74) is 7.00. The third-order valence-electron chi connectivity index (χ3n) is 2.34. The number of halogens is 1. The van der Waals surface area contributed by atoms with E-state index in [-0.39, 0.29) is 0 Å². The zero-order valence-corrected chi connectivity index (χ0v) is 8.67. The molecule has 3 heteroatoms. The molecule has 0 aliphatic heterocycles. The molecule has 0 bridgehead atoms. The summed E-state index contributed by atoms with van der Waals surface area (Å²) >= 11 is 6.04. The fourth-order valence-electron chi connectivity index (χ4n) is 1.50. The molecule has 0 amide bonds. The van der Waals surface area contributed by atoms with Gasteiger partial charge in [-0.2, -0.15) is 0 Å². The lowest BCUT2D eigenvalue weighted by Gasteiger charge is -2.04. The number of hydrogen-bond donors (Lipinski definition) is 1. The Labute approximate surface area is 87.7 Å². The van der Waals surface area contributed by atoms with Crippen molar-refractivity contribution in [1.29, 1.82) is 0 Å². The molecule has 0 aliphatic carbocycles. The molecule has 1 aromatic heterocycles. The first-order valence-corrected chi connectivity index (χ1v) is 4.92. The molecule has 1 heterocycles. The number of benzene rings is 1. The quantitative estimate of drug-likeness (QED) is 0.779. The van der Waals surface area contributed by atoms with E-state index in [2.05, 4.69) is 24.0 Å². The van der Waals surface area contributed by atoms with E-state index in [9.17, 15) is 0 Å². The molecule has 0 saturated carbocycles. The van der Waals surface area contributed by atoms with Gasteiger partial charge < -0.3 is 5.73 Å². The first kappa shape index (κ1) is 9.28. The van der Waals surface area contributed by atoms with Crippen molar-refractivity contribution >= 4 is 28.2 Å². The van der Waals surface area contributed by atoms with Crippen LogP contribution in [0.4, 0.5) is 5.82 Å². The van der Waals surface area contributed by atoms with Crippen LogP contribution < -0.4 is 5.73 Å². The fraction of sp³-hybridized carbons (Fsp3) is 0.182. The molecule has 1 aromatic carbocycles. The number of rotatable bonds is 1. The van der Waals surface area contributed by atoms with Crippen LogP contribution in [0.15, 0.2) is 24.4 Å². The summed E-state index contributed by atoms with van der Waals surface area (Å²) in [6.07, 6.45) is 2.59. The fourth-order valence-corrected chi connectivity index (χ4v) is 1.70. The van der Waals surface area contributed by atoms with Gasteiger partial charge in [-0.05, 0) is 18.1 Å². The molecule has 0 aliphatic rings. The minimum absolute atomic E-state index is 0.534. The van der Waals surface area contributed by atoms with Gasteiger partial charge >= 0.3 is 0 Å². The van der Waals surface area contributed by atoms with E-state index in [4.69, 9.17) is 17.3 Å². The van der Waals surface area contributed by atoms with Crippen molar-refractivity contribution in [3.63, 3.8) is 0 Å². The largest absolute Gasteiger partial charge is 0.383 e. The van der Waals surface area contributed by atoms with Gasteiger partial charge in [-0.3, -0.25) is 0 Å². The summed E-state index contributed by atoms with van der Waals surface area (Å²) < 4.78 is 0. The smallest absolute Gasteiger partial charge is 0.131 e. The van der Waals surface area contributed by atoms with Crippen molar-refractivity contribution in [1.82, 2.24) is 4.98 Å². The van der Waals surface area contributed by atoms with E-state index in [1.165, 1.54) is 5.56 Å². The molecule has 0 spiro atoms. The molecule has 2 aromatic rings. The number of pyridine rings is 1. The minimum atomic E-state index is 0.534. The standard InChI is InChI=1S/C11H11ClN2/c1-2-7-3-4-8-9(5-7)10(12)6-14-11(8)13/h3-6H,2H2,1H3,(H2,13,14). The Hall–Kier alpha value is -1.28. The van der Waals surface area contributed by atoms with E-state index in [1.807, 2.05) is 6.07 Å². The van der Waals surface area contributed by atoms with Crippen molar-refractivity contribution < 1.29 is 0 Å². The Kier molecular flexibility index (Phi) is 2.30. The molecule has 0 atom stereocenters. The molecular formula is C11H11ClN2. The number of aryl methyl sites for hydroxylation is 1. The Bertz CT molecular complexity index is 480. The topological polar surface area (TPSA) is 38.9 Å². The van der Waals surface area contributed by atoms with Crippen molar-refractivity contribution in [3.05, 3.63) is 35.0 Å². The molecule has 2 nitrogen and oxygen atoms in total. The number of aromatic nitrogens is 1. The molecule has 2 rings (SSSR count). The van der Waals surface area contributed by atoms with E-state index in [0.717, 1.165) is 17.2 Å². The monoisotopic (exact) mass is 206 g/mol. The predicted octanol–water partition coefficient (Wildman–Crippen LogP) is 3.03. The zero-order chi connectivity index (χ0) is 10.1. The summed E-state index contributed by atoms with van der Waals surface area (Å²) in [7, 11) is 0. The molecule has 0 unspecified atom stereocenters. The van der Waals surface area contributed by atoms with E-state index >= 15 is 0 Å². The van der Waals surface area contributed by atoms with Crippen LogP contribution in [-0.4, -0.2) is 4.98 Å². The maximum absolute atomic E-state index is 6.04. The Morgan fingerprint density at radius 3 is 2.86 bits per heavy atom. The van der Waals surface area contributed by atoms with Gasteiger partial charge in [0.25, 0.3) is 0 Å². The van der Waals surface area contributed by atoms with Gasteiger partial charge in [0, 0.05) is 17.0 Å². The lowest BCUT2D eigenvalue weighted by atomic mass is 10.1. The summed E-state index contributed by atoms with van der Waals surface area (Å²) in [4.78, 5) is 4.01. The van der Waals surface area contributed by atoms with E-state index in [1.54, 1.807) is 6.20 Å². The number of fused-ring (bicyclic) bond motifs is 1. The van der Waals surface area contributed by atoms with Crippen molar-refractivity contribution in [2.75, 3.05) is 5.73 Å². The Morgan fingerprint density at radius 2 is 2.14 bits per heavy atom. The van der Waals surface area contributed by atoms with E-state index < -0.39 is 0 Å². The van der Waals surface area contributed by atoms with E-state index in [0.29, 0.717) is 10.8 Å². The highest BCUT2D eigenvalue weighted by Gasteiger charge is 2.03. The van der Waals surface area contributed by atoms with Crippen LogP contribution in [0.2, 0.25) is 5.02 Å². The molecule has 0 fully saturated rings. The number of anilines is 1. The van der Waals surface area contributed by atoms with Gasteiger partial charge in [0.15, 0.2) is 0 Å². The lowest BCUT2D eigenvalue weighted by molar-refractivity contribution is 1.15. The molecular weight excluding hydrogens is 196 g/mol. The second-order valence-electron chi connectivity index (χ2n) is 3.22. The average Bonchev–Trinajstić information content (AvgIpc) is 2.23. The third-order valence-corrected chi connectivity index (χ3v) is 2.64. The van der Waals surface area contributed by atoms with Crippen LogP contribution in [0.5, 0.6) is 0 Å². The molecule has 0 saturated heterocycles. The molecule has 14 heavy (non-hydrogen) atoms. The third kappa shape index (κ3) is 1.42. The van der Waals surface area contributed by atoms with Crippen LogP contribution >= 0.6 is 11.6 Å². The first-order valence-electron chi connectivity index (χ1n) is 4.55. The number of hydrogen-bond acceptors (Lipinski definition) is 2. The van der Waals surface area contributed by atoms with Crippen LogP contribution in [0.25, 0.3) is 10.8 Å². The van der Waals surface area contributed by atoms with Crippen molar-refractivity contribution in [2.24, 2.45) is 0 Å². The maximum Gasteiger partial charge on any atom is 0.131 e. The summed E-state index contributed by atoms with van der Waals surface area (Å²) in [6.45, 7) is 2.11. The average molecular weight is 207 g/mol. The van der Waals surface area contributed by atoms with Crippen LogP contribution in [0.1, 0.15) is 12.5 Å². The van der Waals surface area contributed by atoms with Crippen LogP contribution in [-0.2, 0) is 6.42 Å². The second kappa shape index (κ2) is 3.46. The zero-order valence-electron chi connectivity index (χ0n) is 7.92. The minimum Gasteiger partial charge on any atom is -0.383 e. The second-order valence-corrected chi connectivity index (χ2v) is 3.63. The van der Waals surface area contributed by atoms with Gasteiger partial charge in [0.05, 0.1) is 5.02 Å². The summed E-state index contributed by atoms with van der Waals surface area (Å²) in [5.74, 6) is 0.534. The van der Waals surface area contributed by atoms with Crippen LogP contribution in [0, 0.1) is 0 Å². The van der Waals surface area contributed by atoms with Gasteiger partial charge in [0.1, 0.15) is 5.82 Å². The van der Waals surface area contributed by atoms with Crippen molar-refractivity contribution in [2.45, 2.75) is 13.3 Å². The number of nitrogen functional groups attached to an aromatic ring is 1. The molecule has 0 radical (unpaired) electrons. The Balaban J connectivity index is 2.80. The normalized spacial score (nSPS) is 10.7. The maximum atomic E-state index is 6.04. The van der Waals surface area contributed by atoms with Gasteiger partial charge in [0.2, 0.25) is 0 Å².